The van der Waals surface area contributed by atoms with Crippen LogP contribution in [0.1, 0.15) is 23.0 Å². The van der Waals surface area contributed by atoms with Gasteiger partial charge in [0.05, 0.1) is 24.4 Å². The van der Waals surface area contributed by atoms with Crippen LogP contribution in [0.15, 0.2) is 48.5 Å². The van der Waals surface area contributed by atoms with Crippen molar-refractivity contribution in [1.29, 1.82) is 5.41 Å². The van der Waals surface area contributed by atoms with Crippen LogP contribution in [0, 0.1) is 5.41 Å². The molecule has 0 fully saturated rings. The number of ether oxygens (including phenoxy) is 1. The molecule has 0 aliphatic carbocycles. The fraction of sp³-hybridized carbons (Fsp3) is 0.200. The summed E-state index contributed by atoms with van der Waals surface area (Å²) >= 11 is 0. The number of nitrogens with one attached hydrogen (secondary N) is 2. The summed E-state index contributed by atoms with van der Waals surface area (Å²) in [6.45, 7) is 2.36. The van der Waals surface area contributed by atoms with Crippen LogP contribution in [0.5, 0.6) is 0 Å². The Bertz CT molecular complexity index is 961. The topological polar surface area (TPSA) is 93.1 Å². The number of rotatable bonds is 5. The van der Waals surface area contributed by atoms with Crippen molar-refractivity contribution in [3.05, 3.63) is 59.8 Å². The first kappa shape index (κ1) is 17.5. The van der Waals surface area contributed by atoms with Crippen molar-refractivity contribution in [1.82, 2.24) is 9.88 Å². The highest BCUT2D eigenvalue weighted by molar-refractivity contribution is 6.07. The number of nitrogens with zero attached hydrogens (tertiary/aromatic N) is 1. The number of benzene rings is 2. The van der Waals surface area contributed by atoms with Gasteiger partial charge in [-0.1, -0.05) is 42.5 Å². The summed E-state index contributed by atoms with van der Waals surface area (Å²) in [5, 5.41) is 11.0. The Labute approximate surface area is 152 Å². The molecule has 0 aliphatic heterocycles. The summed E-state index contributed by atoms with van der Waals surface area (Å²) in [6, 6.07) is 16.1. The lowest BCUT2D eigenvalue weighted by Gasteiger charge is -2.09. The highest BCUT2D eigenvalue weighted by Gasteiger charge is 2.22. The van der Waals surface area contributed by atoms with E-state index in [4.69, 9.17) is 15.9 Å². The molecule has 0 unspecified atom stereocenters. The van der Waals surface area contributed by atoms with E-state index in [0.29, 0.717) is 12.2 Å². The lowest BCUT2D eigenvalue weighted by molar-refractivity contribution is 0.0527. The second kappa shape index (κ2) is 7.31. The van der Waals surface area contributed by atoms with Crippen molar-refractivity contribution < 1.29 is 9.53 Å². The van der Waals surface area contributed by atoms with Gasteiger partial charge in [-0.2, -0.15) is 0 Å². The largest absolute Gasteiger partial charge is 0.462 e. The Balaban J connectivity index is 2.17. The van der Waals surface area contributed by atoms with Gasteiger partial charge >= 0.3 is 5.97 Å². The summed E-state index contributed by atoms with van der Waals surface area (Å²) < 4.78 is 7.20. The smallest absolute Gasteiger partial charge is 0.340 e. The maximum absolute atomic E-state index is 12.5. The third-order valence-corrected chi connectivity index (χ3v) is 4.35. The van der Waals surface area contributed by atoms with E-state index in [2.05, 4.69) is 23.5 Å². The molecule has 0 amide bonds. The molecular weight excluding hydrogens is 328 g/mol. The van der Waals surface area contributed by atoms with Crippen LogP contribution >= 0.6 is 0 Å². The minimum atomic E-state index is -0.370. The predicted octanol–water partition coefficient (Wildman–Crippen LogP) is 3.01. The number of aryl methyl sites for hydroxylation is 1. The molecule has 0 aliphatic rings. The molecule has 4 N–H and O–H groups in total. The van der Waals surface area contributed by atoms with E-state index in [-0.39, 0.29) is 18.5 Å². The number of nitrogens with two attached hydrogens (primary N) is 1. The molecule has 3 aromatic rings. The Morgan fingerprint density at radius 1 is 1.19 bits per heavy atom. The number of hydrogen-bond acceptors (Lipinski definition) is 3. The fourth-order valence-electron chi connectivity index (χ4n) is 3.12. The summed E-state index contributed by atoms with van der Waals surface area (Å²) in [5.41, 5.74) is 9.77. The van der Waals surface area contributed by atoms with E-state index in [1.807, 2.05) is 41.9 Å². The highest BCUT2D eigenvalue weighted by Crippen LogP contribution is 2.30. The molecule has 2 aromatic carbocycles. The van der Waals surface area contributed by atoms with Gasteiger partial charge in [0, 0.05) is 18.0 Å². The number of guanidine groups is 1. The standard InChI is InChI=1S/C20H22N4O2/c1-3-26-19(25)18-15-10-9-14(13-7-5-4-6-8-13)11-16(15)24(2)17(18)12-23-20(21)22/h4-11H,3,12H2,1-2H3,(H4,21,22,23). The summed E-state index contributed by atoms with van der Waals surface area (Å²) in [5.74, 6) is -0.513. The second-order valence-electron chi connectivity index (χ2n) is 5.97. The maximum Gasteiger partial charge on any atom is 0.340 e. The van der Waals surface area contributed by atoms with E-state index in [9.17, 15) is 4.79 Å². The Kier molecular flexibility index (Phi) is 4.93. The Morgan fingerprint density at radius 2 is 1.92 bits per heavy atom. The first-order chi connectivity index (χ1) is 12.5. The van der Waals surface area contributed by atoms with Crippen molar-refractivity contribution in [2.75, 3.05) is 6.61 Å². The lowest BCUT2D eigenvalue weighted by Crippen LogP contribution is -2.31. The molecule has 1 aromatic heterocycles. The molecule has 6 heteroatoms. The molecule has 0 bridgehead atoms. The van der Waals surface area contributed by atoms with Gasteiger partial charge in [0.1, 0.15) is 0 Å². The SMILES string of the molecule is CCOC(=O)c1c(CNC(=N)N)n(C)c2cc(-c3ccccc3)ccc12. The van der Waals surface area contributed by atoms with Crippen LogP contribution in [-0.4, -0.2) is 23.1 Å². The molecule has 6 nitrogen and oxygen atoms in total. The normalized spacial score (nSPS) is 10.7. The number of carbonyl (C=O) groups excluding carboxylic acids is 1. The van der Waals surface area contributed by atoms with Crippen molar-refractivity contribution in [2.24, 2.45) is 12.8 Å². The molecule has 26 heavy (non-hydrogen) atoms. The average molecular weight is 350 g/mol. The quantitative estimate of drug-likeness (QED) is 0.375. The van der Waals surface area contributed by atoms with Gasteiger partial charge in [-0.15, -0.1) is 0 Å². The molecular formula is C20H22N4O2. The Morgan fingerprint density at radius 3 is 2.58 bits per heavy atom. The van der Waals surface area contributed by atoms with Crippen LogP contribution in [0.3, 0.4) is 0 Å². The minimum absolute atomic E-state index is 0.143. The average Bonchev–Trinajstić information content (AvgIpc) is 2.92. The zero-order chi connectivity index (χ0) is 18.7. The molecule has 1 heterocycles. The van der Waals surface area contributed by atoms with Gasteiger partial charge in [0.25, 0.3) is 0 Å². The van der Waals surface area contributed by atoms with E-state index in [1.54, 1.807) is 6.92 Å². The van der Waals surface area contributed by atoms with E-state index >= 15 is 0 Å². The first-order valence-electron chi connectivity index (χ1n) is 8.44. The first-order valence-corrected chi connectivity index (χ1v) is 8.44. The molecule has 0 saturated carbocycles. The molecule has 0 saturated heterocycles. The fourth-order valence-corrected chi connectivity index (χ4v) is 3.12. The van der Waals surface area contributed by atoms with Gasteiger partial charge in [-0.25, -0.2) is 4.79 Å². The summed E-state index contributed by atoms with van der Waals surface area (Å²) in [7, 11) is 1.90. The van der Waals surface area contributed by atoms with Gasteiger partial charge in [-0.3, -0.25) is 5.41 Å². The number of aromatic nitrogens is 1. The maximum atomic E-state index is 12.5. The van der Waals surface area contributed by atoms with Gasteiger partial charge in [0.15, 0.2) is 5.96 Å². The number of esters is 1. The van der Waals surface area contributed by atoms with Crippen LogP contribution in [0.4, 0.5) is 0 Å². The molecule has 134 valence electrons. The van der Waals surface area contributed by atoms with E-state index < -0.39 is 0 Å². The van der Waals surface area contributed by atoms with Gasteiger partial charge in [-0.05, 0) is 24.1 Å². The third-order valence-electron chi connectivity index (χ3n) is 4.35. The van der Waals surface area contributed by atoms with Crippen LogP contribution < -0.4 is 11.1 Å². The zero-order valence-corrected chi connectivity index (χ0v) is 14.9. The highest BCUT2D eigenvalue weighted by atomic mass is 16.5. The Hall–Kier alpha value is -3.28. The van der Waals surface area contributed by atoms with Crippen LogP contribution in [0.2, 0.25) is 0 Å². The molecule has 3 rings (SSSR count). The summed E-state index contributed by atoms with van der Waals surface area (Å²) in [6.07, 6.45) is 0. The van der Waals surface area contributed by atoms with Gasteiger partial charge in [0.2, 0.25) is 0 Å². The monoisotopic (exact) mass is 350 g/mol. The van der Waals surface area contributed by atoms with Crippen molar-refractivity contribution in [3.63, 3.8) is 0 Å². The zero-order valence-electron chi connectivity index (χ0n) is 14.9. The molecule has 0 spiro atoms. The number of hydrogen-bond donors (Lipinski definition) is 3. The van der Waals surface area contributed by atoms with E-state index in [0.717, 1.165) is 27.7 Å². The van der Waals surface area contributed by atoms with E-state index in [1.165, 1.54) is 0 Å². The van der Waals surface area contributed by atoms with Crippen LogP contribution in [-0.2, 0) is 18.3 Å². The van der Waals surface area contributed by atoms with Crippen molar-refractivity contribution in [3.8, 4) is 11.1 Å². The van der Waals surface area contributed by atoms with Gasteiger partial charge < -0.3 is 20.4 Å². The predicted molar refractivity (Wildman–Crippen MR) is 103 cm³/mol. The number of carbonyl (C=O) groups is 1. The minimum Gasteiger partial charge on any atom is -0.462 e. The molecule has 0 radical (unpaired) electrons. The van der Waals surface area contributed by atoms with Crippen LogP contribution in [0.25, 0.3) is 22.0 Å². The third kappa shape index (κ3) is 3.26. The van der Waals surface area contributed by atoms with Crippen molar-refractivity contribution >= 4 is 22.8 Å². The second-order valence-corrected chi connectivity index (χ2v) is 5.97. The number of fused-ring (bicyclic) bond motifs is 1. The summed E-state index contributed by atoms with van der Waals surface area (Å²) in [4.78, 5) is 12.5. The molecule has 0 atom stereocenters. The van der Waals surface area contributed by atoms with Crippen molar-refractivity contribution in [2.45, 2.75) is 13.5 Å². The lowest BCUT2D eigenvalue weighted by atomic mass is 10.0.